The Balaban J connectivity index is 1.95. The largest absolute Gasteiger partial charge is 0.423 e. The third-order valence-electron chi connectivity index (χ3n) is 2.89. The van der Waals surface area contributed by atoms with E-state index in [1.807, 2.05) is 17.0 Å². The van der Waals surface area contributed by atoms with E-state index >= 15 is 0 Å². The van der Waals surface area contributed by atoms with E-state index in [4.69, 9.17) is 10.2 Å². The maximum absolute atomic E-state index is 11.3. The highest BCUT2D eigenvalue weighted by atomic mass is 32.2. The SMILES string of the molecule is Nc1cccc2oc(N3CCS(=O)CC3)nc12. The lowest BCUT2D eigenvalue weighted by Crippen LogP contribution is -2.37. The Labute approximate surface area is 101 Å². The standard InChI is InChI=1S/C11H13N3O2S/c12-8-2-1-3-9-10(8)13-11(16-9)14-4-6-17(15)7-5-14/h1-3H,4-7,12H2. The summed E-state index contributed by atoms with van der Waals surface area (Å²) < 4.78 is 16.9. The van der Waals surface area contributed by atoms with Gasteiger partial charge in [0.2, 0.25) is 0 Å². The van der Waals surface area contributed by atoms with E-state index in [0.29, 0.717) is 34.3 Å². The highest BCUT2D eigenvalue weighted by molar-refractivity contribution is 7.85. The van der Waals surface area contributed by atoms with Crippen LogP contribution in [0.25, 0.3) is 11.1 Å². The first kappa shape index (κ1) is 10.6. The zero-order chi connectivity index (χ0) is 11.8. The highest BCUT2D eigenvalue weighted by Crippen LogP contribution is 2.26. The molecule has 2 N–H and O–H groups in total. The molecule has 1 saturated heterocycles. The molecule has 0 bridgehead atoms. The van der Waals surface area contributed by atoms with Crippen LogP contribution in [0, 0.1) is 0 Å². The van der Waals surface area contributed by atoms with E-state index in [2.05, 4.69) is 4.98 Å². The average molecular weight is 251 g/mol. The van der Waals surface area contributed by atoms with E-state index in [1.165, 1.54) is 0 Å². The van der Waals surface area contributed by atoms with Crippen LogP contribution in [0.15, 0.2) is 22.6 Å². The van der Waals surface area contributed by atoms with Crippen LogP contribution in [0.4, 0.5) is 11.7 Å². The molecule has 0 aliphatic carbocycles. The Hall–Kier alpha value is -1.56. The molecule has 2 aromatic rings. The van der Waals surface area contributed by atoms with Crippen molar-refractivity contribution >= 4 is 33.6 Å². The number of aromatic nitrogens is 1. The molecule has 6 heteroatoms. The first-order valence-corrected chi connectivity index (χ1v) is 6.98. The van der Waals surface area contributed by atoms with Crippen LogP contribution in [-0.4, -0.2) is 33.8 Å². The molecular weight excluding hydrogens is 238 g/mol. The van der Waals surface area contributed by atoms with Gasteiger partial charge in [-0.15, -0.1) is 0 Å². The molecule has 0 radical (unpaired) electrons. The third-order valence-corrected chi connectivity index (χ3v) is 4.16. The fraction of sp³-hybridized carbons (Fsp3) is 0.364. The number of hydrogen-bond acceptors (Lipinski definition) is 5. The van der Waals surface area contributed by atoms with Gasteiger partial charge < -0.3 is 15.1 Å². The van der Waals surface area contributed by atoms with E-state index in [0.717, 1.165) is 13.1 Å². The molecule has 0 unspecified atom stereocenters. The normalized spacial score (nSPS) is 17.8. The predicted molar refractivity (Wildman–Crippen MR) is 68.5 cm³/mol. The number of nitrogen functional groups attached to an aromatic ring is 1. The van der Waals surface area contributed by atoms with Gasteiger partial charge in [0.05, 0.1) is 5.69 Å². The molecule has 17 heavy (non-hydrogen) atoms. The van der Waals surface area contributed by atoms with Gasteiger partial charge in [-0.2, -0.15) is 4.98 Å². The first-order chi connectivity index (χ1) is 8.24. The minimum atomic E-state index is -0.693. The number of hydrogen-bond donors (Lipinski definition) is 1. The molecule has 1 fully saturated rings. The summed E-state index contributed by atoms with van der Waals surface area (Å²) in [4.78, 5) is 6.41. The van der Waals surface area contributed by atoms with Crippen molar-refractivity contribution in [3.05, 3.63) is 18.2 Å². The Morgan fingerprint density at radius 1 is 1.35 bits per heavy atom. The molecule has 1 aliphatic rings. The quantitative estimate of drug-likeness (QED) is 0.765. The lowest BCUT2D eigenvalue weighted by Gasteiger charge is -2.24. The molecule has 0 spiro atoms. The summed E-state index contributed by atoms with van der Waals surface area (Å²) in [5.74, 6) is 1.35. The second-order valence-corrected chi connectivity index (χ2v) is 5.72. The van der Waals surface area contributed by atoms with Crippen molar-refractivity contribution in [2.24, 2.45) is 0 Å². The van der Waals surface area contributed by atoms with Crippen molar-refractivity contribution in [3.8, 4) is 0 Å². The lowest BCUT2D eigenvalue weighted by molar-refractivity contribution is 0.572. The third kappa shape index (κ3) is 1.88. The summed E-state index contributed by atoms with van der Waals surface area (Å²) >= 11 is 0. The molecule has 0 atom stereocenters. The minimum Gasteiger partial charge on any atom is -0.423 e. The van der Waals surface area contributed by atoms with Crippen LogP contribution in [0.3, 0.4) is 0 Å². The van der Waals surface area contributed by atoms with E-state index in [9.17, 15) is 4.21 Å². The number of nitrogens with two attached hydrogens (primary N) is 1. The molecule has 90 valence electrons. The minimum absolute atomic E-state index is 0.578. The number of anilines is 2. The van der Waals surface area contributed by atoms with Crippen LogP contribution in [0.5, 0.6) is 0 Å². The smallest absolute Gasteiger partial charge is 0.298 e. The fourth-order valence-corrected chi connectivity index (χ4v) is 2.97. The van der Waals surface area contributed by atoms with Gasteiger partial charge in [-0.05, 0) is 12.1 Å². The van der Waals surface area contributed by atoms with Gasteiger partial charge in [-0.1, -0.05) is 6.07 Å². The van der Waals surface area contributed by atoms with Gasteiger partial charge >= 0.3 is 0 Å². The first-order valence-electron chi connectivity index (χ1n) is 5.49. The highest BCUT2D eigenvalue weighted by Gasteiger charge is 2.20. The van der Waals surface area contributed by atoms with Gasteiger partial charge in [-0.25, -0.2) is 0 Å². The number of benzene rings is 1. The van der Waals surface area contributed by atoms with Gasteiger partial charge in [0.25, 0.3) is 6.01 Å². The van der Waals surface area contributed by atoms with E-state index < -0.39 is 10.8 Å². The Morgan fingerprint density at radius 3 is 2.82 bits per heavy atom. The Bertz CT molecular complexity index is 571. The number of para-hydroxylation sites is 1. The zero-order valence-electron chi connectivity index (χ0n) is 9.26. The zero-order valence-corrected chi connectivity index (χ0v) is 10.1. The molecule has 2 heterocycles. The van der Waals surface area contributed by atoms with Gasteiger partial charge in [-0.3, -0.25) is 4.21 Å². The summed E-state index contributed by atoms with van der Waals surface area (Å²) in [6.45, 7) is 1.44. The van der Waals surface area contributed by atoms with Crippen molar-refractivity contribution in [2.75, 3.05) is 35.2 Å². The lowest BCUT2D eigenvalue weighted by atomic mass is 10.3. The van der Waals surface area contributed by atoms with Crippen molar-refractivity contribution in [2.45, 2.75) is 0 Å². The Kier molecular flexibility index (Phi) is 2.51. The van der Waals surface area contributed by atoms with Crippen molar-refractivity contribution < 1.29 is 8.63 Å². The monoisotopic (exact) mass is 251 g/mol. The summed E-state index contributed by atoms with van der Waals surface area (Å²) in [7, 11) is -0.693. The van der Waals surface area contributed by atoms with Gasteiger partial charge in [0.1, 0.15) is 5.52 Å². The summed E-state index contributed by atoms with van der Waals surface area (Å²) in [5.41, 5.74) is 7.86. The van der Waals surface area contributed by atoms with Crippen LogP contribution in [0.2, 0.25) is 0 Å². The van der Waals surface area contributed by atoms with Crippen LogP contribution < -0.4 is 10.6 Å². The maximum Gasteiger partial charge on any atom is 0.298 e. The van der Waals surface area contributed by atoms with Gasteiger partial charge in [0, 0.05) is 35.4 Å². The average Bonchev–Trinajstić information content (AvgIpc) is 2.75. The molecule has 1 aromatic carbocycles. The molecule has 3 rings (SSSR count). The summed E-state index contributed by atoms with van der Waals surface area (Å²) in [6.07, 6.45) is 0. The molecule has 1 aliphatic heterocycles. The second-order valence-electron chi connectivity index (χ2n) is 4.03. The van der Waals surface area contributed by atoms with Crippen LogP contribution >= 0.6 is 0 Å². The number of fused-ring (bicyclic) bond motifs is 1. The predicted octanol–water partition coefficient (Wildman–Crippen LogP) is 0.979. The number of oxazole rings is 1. The Morgan fingerprint density at radius 2 is 2.12 bits per heavy atom. The van der Waals surface area contributed by atoms with E-state index in [-0.39, 0.29) is 0 Å². The summed E-state index contributed by atoms with van der Waals surface area (Å²) in [5, 5.41) is 0. The molecule has 0 amide bonds. The van der Waals surface area contributed by atoms with Crippen LogP contribution in [0.1, 0.15) is 0 Å². The topological polar surface area (TPSA) is 72.4 Å². The summed E-state index contributed by atoms with van der Waals surface area (Å²) in [6, 6.07) is 6.08. The second kappa shape index (κ2) is 4.03. The van der Waals surface area contributed by atoms with Crippen molar-refractivity contribution in [1.29, 1.82) is 0 Å². The molecular formula is C11H13N3O2S. The fourth-order valence-electron chi connectivity index (χ4n) is 1.92. The number of nitrogens with zero attached hydrogens (tertiary/aromatic N) is 2. The molecule has 5 nitrogen and oxygen atoms in total. The molecule has 1 aromatic heterocycles. The molecule has 0 saturated carbocycles. The van der Waals surface area contributed by atoms with Crippen molar-refractivity contribution in [1.82, 2.24) is 4.98 Å². The number of rotatable bonds is 1. The van der Waals surface area contributed by atoms with Crippen molar-refractivity contribution in [3.63, 3.8) is 0 Å². The maximum atomic E-state index is 11.3. The van der Waals surface area contributed by atoms with Gasteiger partial charge in [0.15, 0.2) is 5.58 Å². The van der Waals surface area contributed by atoms with Crippen LogP contribution in [-0.2, 0) is 10.8 Å². The van der Waals surface area contributed by atoms with E-state index in [1.54, 1.807) is 6.07 Å².